The van der Waals surface area contributed by atoms with Gasteiger partial charge < -0.3 is 5.11 Å². The molecule has 0 radical (unpaired) electrons. The van der Waals surface area contributed by atoms with Gasteiger partial charge in [-0.3, -0.25) is 4.99 Å². The Hall–Kier alpha value is -0.860. The van der Waals surface area contributed by atoms with Gasteiger partial charge in [0.05, 0.1) is 5.71 Å². The van der Waals surface area contributed by atoms with Gasteiger partial charge in [-0.15, -0.1) is 12.4 Å². The lowest BCUT2D eigenvalue weighted by Crippen LogP contribution is -2.36. The minimum Gasteiger partial charge on any atom is -0.384 e. The number of nitrogens with zero attached hydrogens (tertiary/aromatic N) is 1. The van der Waals surface area contributed by atoms with E-state index in [1.54, 1.807) is 7.05 Å². The molecule has 0 heterocycles. The fourth-order valence-corrected chi connectivity index (χ4v) is 2.61. The number of halogens is 1. The molecule has 0 aliphatic heterocycles. The molecule has 1 aliphatic carbocycles. The zero-order chi connectivity index (χ0) is 11.6. The first kappa shape index (κ1) is 14.2. The molecule has 0 amide bonds. The van der Waals surface area contributed by atoms with Gasteiger partial charge in [0.2, 0.25) is 0 Å². The van der Waals surface area contributed by atoms with Crippen molar-refractivity contribution in [2.24, 2.45) is 4.99 Å². The van der Waals surface area contributed by atoms with Gasteiger partial charge in [0.15, 0.2) is 0 Å². The van der Waals surface area contributed by atoms with Crippen molar-refractivity contribution in [3.8, 4) is 0 Å². The summed E-state index contributed by atoms with van der Waals surface area (Å²) in [5, 5.41) is 10.6. The van der Waals surface area contributed by atoms with Gasteiger partial charge in [-0.2, -0.15) is 0 Å². The molecule has 2 nitrogen and oxygen atoms in total. The van der Waals surface area contributed by atoms with Crippen molar-refractivity contribution in [2.75, 3.05) is 7.05 Å². The Balaban J connectivity index is 0.00000144. The third-order valence-corrected chi connectivity index (χ3v) is 3.50. The quantitative estimate of drug-likeness (QED) is 0.807. The SMILES string of the molecule is CN=C(c1ccccc1C)C1(O)CCCC1.Cl. The van der Waals surface area contributed by atoms with Crippen LogP contribution in [0, 0.1) is 6.92 Å². The zero-order valence-corrected chi connectivity index (χ0v) is 11.3. The summed E-state index contributed by atoms with van der Waals surface area (Å²) < 4.78 is 0. The van der Waals surface area contributed by atoms with E-state index in [0.717, 1.165) is 37.0 Å². The summed E-state index contributed by atoms with van der Waals surface area (Å²) >= 11 is 0. The van der Waals surface area contributed by atoms with Gasteiger partial charge in [-0.25, -0.2) is 0 Å². The van der Waals surface area contributed by atoms with E-state index in [2.05, 4.69) is 18.0 Å². The molecule has 1 saturated carbocycles. The van der Waals surface area contributed by atoms with Gasteiger partial charge >= 0.3 is 0 Å². The summed E-state index contributed by atoms with van der Waals surface area (Å²) in [6.45, 7) is 2.07. The lowest BCUT2D eigenvalue weighted by atomic mass is 9.88. The fourth-order valence-electron chi connectivity index (χ4n) is 2.61. The average Bonchev–Trinajstić information content (AvgIpc) is 2.70. The number of aryl methyl sites for hydroxylation is 1. The van der Waals surface area contributed by atoms with Gasteiger partial charge in [0.1, 0.15) is 5.60 Å². The summed E-state index contributed by atoms with van der Waals surface area (Å²) in [7, 11) is 1.78. The maximum atomic E-state index is 10.6. The minimum absolute atomic E-state index is 0. The predicted molar refractivity (Wildman–Crippen MR) is 74.3 cm³/mol. The lowest BCUT2D eigenvalue weighted by Gasteiger charge is -2.25. The summed E-state index contributed by atoms with van der Waals surface area (Å²) in [6.07, 6.45) is 3.88. The third kappa shape index (κ3) is 2.70. The maximum Gasteiger partial charge on any atom is 0.107 e. The van der Waals surface area contributed by atoms with E-state index in [0.29, 0.717) is 0 Å². The minimum atomic E-state index is -0.694. The predicted octanol–water partition coefficient (Wildman–Crippen LogP) is 3.14. The molecule has 3 heteroatoms. The van der Waals surface area contributed by atoms with Gasteiger partial charge in [-0.1, -0.05) is 37.1 Å². The highest BCUT2D eigenvalue weighted by Gasteiger charge is 2.37. The Morgan fingerprint density at radius 3 is 2.35 bits per heavy atom. The van der Waals surface area contributed by atoms with Gasteiger partial charge in [0, 0.05) is 12.6 Å². The highest BCUT2D eigenvalue weighted by atomic mass is 35.5. The Kier molecular flexibility index (Phi) is 4.72. The first-order valence-electron chi connectivity index (χ1n) is 5.93. The normalized spacial score (nSPS) is 18.9. The molecular formula is C14H20ClNO. The maximum absolute atomic E-state index is 10.6. The second-order valence-electron chi connectivity index (χ2n) is 4.63. The van der Waals surface area contributed by atoms with Crippen LogP contribution in [0.25, 0.3) is 0 Å². The smallest absolute Gasteiger partial charge is 0.107 e. The Bertz CT molecular complexity index is 408. The van der Waals surface area contributed by atoms with Crippen LogP contribution in [0.15, 0.2) is 29.3 Å². The summed E-state index contributed by atoms with van der Waals surface area (Å²) in [5.74, 6) is 0. The van der Waals surface area contributed by atoms with E-state index in [1.165, 1.54) is 5.56 Å². The molecule has 0 spiro atoms. The molecule has 1 aliphatic rings. The zero-order valence-electron chi connectivity index (χ0n) is 10.4. The Morgan fingerprint density at radius 1 is 1.24 bits per heavy atom. The van der Waals surface area contributed by atoms with Crippen molar-refractivity contribution in [3.05, 3.63) is 35.4 Å². The monoisotopic (exact) mass is 253 g/mol. The number of aliphatic imine (C=N–C) groups is 1. The van der Waals surface area contributed by atoms with Crippen molar-refractivity contribution in [3.63, 3.8) is 0 Å². The molecule has 1 aromatic rings. The fraction of sp³-hybridized carbons (Fsp3) is 0.500. The van der Waals surface area contributed by atoms with Crippen LogP contribution in [0.1, 0.15) is 36.8 Å². The molecule has 0 aromatic heterocycles. The van der Waals surface area contributed by atoms with Crippen LogP contribution in [-0.4, -0.2) is 23.5 Å². The highest BCUT2D eigenvalue weighted by Crippen LogP contribution is 2.33. The molecule has 1 aromatic carbocycles. The molecular weight excluding hydrogens is 234 g/mol. The Morgan fingerprint density at radius 2 is 1.82 bits per heavy atom. The molecule has 2 rings (SSSR count). The highest BCUT2D eigenvalue weighted by molar-refractivity contribution is 6.07. The first-order chi connectivity index (χ1) is 7.67. The van der Waals surface area contributed by atoms with Gasteiger partial charge in [-0.05, 0) is 25.3 Å². The number of rotatable bonds is 2. The van der Waals surface area contributed by atoms with Crippen molar-refractivity contribution in [1.82, 2.24) is 0 Å². The molecule has 0 saturated heterocycles. The summed E-state index contributed by atoms with van der Waals surface area (Å²) in [5.41, 5.74) is 2.45. The van der Waals surface area contributed by atoms with Crippen LogP contribution in [-0.2, 0) is 0 Å². The number of aliphatic hydroxyl groups is 1. The van der Waals surface area contributed by atoms with Crippen LogP contribution in [0.5, 0.6) is 0 Å². The molecule has 0 bridgehead atoms. The van der Waals surface area contributed by atoms with Crippen LogP contribution >= 0.6 is 12.4 Å². The van der Waals surface area contributed by atoms with E-state index in [9.17, 15) is 5.11 Å². The standard InChI is InChI=1S/C14H19NO.ClH/c1-11-7-3-4-8-12(11)13(15-2)14(16)9-5-6-10-14;/h3-4,7-8,16H,5-6,9-10H2,1-2H3;1H. The summed E-state index contributed by atoms with van der Waals surface area (Å²) in [6, 6.07) is 8.14. The van der Waals surface area contributed by atoms with Crippen molar-refractivity contribution < 1.29 is 5.11 Å². The van der Waals surface area contributed by atoms with E-state index >= 15 is 0 Å². The average molecular weight is 254 g/mol. The van der Waals surface area contributed by atoms with Crippen LogP contribution in [0.4, 0.5) is 0 Å². The molecule has 17 heavy (non-hydrogen) atoms. The largest absolute Gasteiger partial charge is 0.384 e. The molecule has 1 fully saturated rings. The molecule has 0 atom stereocenters. The van der Waals surface area contributed by atoms with E-state index in [1.807, 2.05) is 18.2 Å². The van der Waals surface area contributed by atoms with Gasteiger partial charge in [0.25, 0.3) is 0 Å². The van der Waals surface area contributed by atoms with E-state index in [4.69, 9.17) is 0 Å². The third-order valence-electron chi connectivity index (χ3n) is 3.50. The molecule has 94 valence electrons. The first-order valence-corrected chi connectivity index (χ1v) is 5.93. The molecule has 1 N–H and O–H groups in total. The number of hydrogen-bond donors (Lipinski definition) is 1. The van der Waals surface area contributed by atoms with Crippen LogP contribution in [0.3, 0.4) is 0 Å². The summed E-state index contributed by atoms with van der Waals surface area (Å²) in [4.78, 5) is 4.34. The van der Waals surface area contributed by atoms with Crippen molar-refractivity contribution in [1.29, 1.82) is 0 Å². The number of hydrogen-bond acceptors (Lipinski definition) is 2. The van der Waals surface area contributed by atoms with Crippen LogP contribution < -0.4 is 0 Å². The molecule has 0 unspecified atom stereocenters. The van der Waals surface area contributed by atoms with Crippen molar-refractivity contribution >= 4 is 18.1 Å². The van der Waals surface area contributed by atoms with E-state index < -0.39 is 5.60 Å². The van der Waals surface area contributed by atoms with Crippen LogP contribution in [0.2, 0.25) is 0 Å². The van der Waals surface area contributed by atoms with Crippen molar-refractivity contribution in [2.45, 2.75) is 38.2 Å². The second kappa shape index (κ2) is 5.65. The topological polar surface area (TPSA) is 32.6 Å². The second-order valence-corrected chi connectivity index (χ2v) is 4.63. The number of benzene rings is 1. The Labute approximate surface area is 109 Å². The van der Waals surface area contributed by atoms with E-state index in [-0.39, 0.29) is 12.4 Å². The lowest BCUT2D eigenvalue weighted by molar-refractivity contribution is 0.121.